The van der Waals surface area contributed by atoms with Crippen LogP contribution in [0.4, 0.5) is 0 Å². The van der Waals surface area contributed by atoms with Crippen molar-refractivity contribution in [1.29, 1.82) is 0 Å². The molecule has 2 aliphatic heterocycles. The fourth-order valence-electron chi connectivity index (χ4n) is 3.85. The standard InChI is InChI=1S/C20H22ClNO3S/c1-14-12-16(21)2-3-17(14)24-13-18(23)22-8-6-20(7-9-22)19-15(4-10-25-20)5-11-26-19/h2-3,5,11-12H,4,6-10,13H2,1H3. The van der Waals surface area contributed by atoms with Gasteiger partial charge in [0, 0.05) is 23.0 Å². The van der Waals surface area contributed by atoms with E-state index in [-0.39, 0.29) is 18.1 Å². The van der Waals surface area contributed by atoms with Crippen molar-refractivity contribution in [2.45, 2.75) is 31.8 Å². The van der Waals surface area contributed by atoms with Crippen LogP contribution in [0, 0.1) is 6.92 Å². The molecule has 0 radical (unpaired) electrons. The quantitative estimate of drug-likeness (QED) is 0.787. The minimum atomic E-state index is -0.188. The minimum Gasteiger partial charge on any atom is -0.483 e. The molecule has 0 saturated carbocycles. The Morgan fingerprint density at radius 2 is 2.15 bits per heavy atom. The van der Waals surface area contributed by atoms with E-state index in [1.54, 1.807) is 17.4 Å². The first kappa shape index (κ1) is 17.8. The molecule has 0 atom stereocenters. The number of fused-ring (bicyclic) bond motifs is 2. The molecule has 0 unspecified atom stereocenters. The summed E-state index contributed by atoms with van der Waals surface area (Å²) in [5, 5.41) is 2.82. The Hall–Kier alpha value is -1.56. The molecule has 2 aliphatic rings. The van der Waals surface area contributed by atoms with Crippen LogP contribution < -0.4 is 4.74 Å². The fraction of sp³-hybridized carbons (Fsp3) is 0.450. The van der Waals surface area contributed by atoms with Crippen molar-refractivity contribution in [3.63, 3.8) is 0 Å². The number of thiophene rings is 1. The van der Waals surface area contributed by atoms with E-state index in [1.165, 1.54) is 10.4 Å². The third-order valence-corrected chi connectivity index (χ3v) is 6.70. The molecule has 4 nitrogen and oxygen atoms in total. The highest BCUT2D eigenvalue weighted by Crippen LogP contribution is 2.44. The molecular formula is C20H22ClNO3S. The van der Waals surface area contributed by atoms with Crippen molar-refractivity contribution >= 4 is 28.8 Å². The van der Waals surface area contributed by atoms with Crippen LogP contribution in [0.1, 0.15) is 28.8 Å². The van der Waals surface area contributed by atoms with Gasteiger partial charge >= 0.3 is 0 Å². The van der Waals surface area contributed by atoms with Gasteiger partial charge in [-0.2, -0.15) is 0 Å². The van der Waals surface area contributed by atoms with Gasteiger partial charge in [0.2, 0.25) is 0 Å². The first-order chi connectivity index (χ1) is 12.6. The molecule has 3 heterocycles. The Bertz CT molecular complexity index is 811. The number of halogens is 1. The number of nitrogens with zero attached hydrogens (tertiary/aromatic N) is 1. The van der Waals surface area contributed by atoms with Crippen molar-refractivity contribution in [3.8, 4) is 5.75 Å². The van der Waals surface area contributed by atoms with Crippen LogP contribution in [0.15, 0.2) is 29.6 Å². The van der Waals surface area contributed by atoms with Gasteiger partial charge in [0.15, 0.2) is 6.61 Å². The molecule has 1 amide bonds. The Morgan fingerprint density at radius 3 is 2.92 bits per heavy atom. The van der Waals surface area contributed by atoms with Crippen molar-refractivity contribution in [2.24, 2.45) is 0 Å². The van der Waals surface area contributed by atoms with E-state index in [4.69, 9.17) is 21.1 Å². The van der Waals surface area contributed by atoms with Crippen LogP contribution in [0.3, 0.4) is 0 Å². The molecule has 1 aromatic carbocycles. The topological polar surface area (TPSA) is 38.8 Å². The monoisotopic (exact) mass is 391 g/mol. The maximum absolute atomic E-state index is 12.6. The lowest BCUT2D eigenvalue weighted by molar-refractivity contribution is -0.142. The number of hydrogen-bond donors (Lipinski definition) is 0. The number of rotatable bonds is 3. The van der Waals surface area contributed by atoms with E-state index in [0.29, 0.717) is 23.9 Å². The highest BCUT2D eigenvalue weighted by atomic mass is 35.5. The van der Waals surface area contributed by atoms with Gasteiger partial charge in [0.25, 0.3) is 5.91 Å². The number of hydrogen-bond acceptors (Lipinski definition) is 4. The molecule has 1 saturated heterocycles. The van der Waals surface area contributed by atoms with Crippen molar-refractivity contribution in [1.82, 2.24) is 4.90 Å². The van der Waals surface area contributed by atoms with Crippen LogP contribution in [0.5, 0.6) is 5.75 Å². The number of carbonyl (C=O) groups is 1. The average Bonchev–Trinajstić information content (AvgIpc) is 3.12. The second-order valence-corrected chi connectivity index (χ2v) is 8.30. The summed E-state index contributed by atoms with van der Waals surface area (Å²) in [6, 6.07) is 7.64. The predicted molar refractivity (Wildman–Crippen MR) is 103 cm³/mol. The molecule has 0 N–H and O–H groups in total. The van der Waals surface area contributed by atoms with E-state index in [9.17, 15) is 4.79 Å². The number of carbonyl (C=O) groups excluding carboxylic acids is 1. The third-order valence-electron chi connectivity index (χ3n) is 5.32. The summed E-state index contributed by atoms with van der Waals surface area (Å²) in [4.78, 5) is 15.8. The Kier molecular flexibility index (Phi) is 4.95. The summed E-state index contributed by atoms with van der Waals surface area (Å²) in [5.41, 5.74) is 2.16. The van der Waals surface area contributed by atoms with Crippen LogP contribution >= 0.6 is 22.9 Å². The second kappa shape index (κ2) is 7.22. The molecule has 4 rings (SSSR count). The maximum Gasteiger partial charge on any atom is 0.260 e. The number of benzene rings is 1. The zero-order valence-corrected chi connectivity index (χ0v) is 16.4. The van der Waals surface area contributed by atoms with Gasteiger partial charge in [0.05, 0.1) is 6.61 Å². The average molecular weight is 392 g/mol. The lowest BCUT2D eigenvalue weighted by atomic mass is 9.85. The SMILES string of the molecule is Cc1cc(Cl)ccc1OCC(=O)N1CCC2(CC1)OCCc1ccsc12. The molecule has 1 aromatic heterocycles. The van der Waals surface area contributed by atoms with Crippen LogP contribution in [0.2, 0.25) is 5.02 Å². The van der Waals surface area contributed by atoms with Crippen LogP contribution in [0.25, 0.3) is 0 Å². The zero-order valence-electron chi connectivity index (χ0n) is 14.8. The second-order valence-electron chi connectivity index (χ2n) is 6.95. The summed E-state index contributed by atoms with van der Waals surface area (Å²) in [6.45, 7) is 4.17. The molecular weight excluding hydrogens is 370 g/mol. The van der Waals surface area contributed by atoms with Gasteiger partial charge in [-0.1, -0.05) is 11.6 Å². The fourth-order valence-corrected chi connectivity index (χ4v) is 5.24. The van der Waals surface area contributed by atoms with Crippen molar-refractivity contribution in [2.75, 3.05) is 26.3 Å². The first-order valence-electron chi connectivity index (χ1n) is 8.95. The molecule has 2 aromatic rings. The van der Waals surface area contributed by atoms with Gasteiger partial charge in [-0.15, -0.1) is 11.3 Å². The number of aryl methyl sites for hydroxylation is 1. The third kappa shape index (κ3) is 3.36. The lowest BCUT2D eigenvalue weighted by Gasteiger charge is -2.43. The van der Waals surface area contributed by atoms with Crippen molar-refractivity contribution < 1.29 is 14.3 Å². The summed E-state index contributed by atoms with van der Waals surface area (Å²) < 4.78 is 11.9. The predicted octanol–water partition coefficient (Wildman–Crippen LogP) is 4.18. The Labute approximate surface area is 162 Å². The molecule has 1 fully saturated rings. The molecule has 26 heavy (non-hydrogen) atoms. The summed E-state index contributed by atoms with van der Waals surface area (Å²) in [5.74, 6) is 0.728. The number of amides is 1. The molecule has 6 heteroatoms. The van der Waals surface area contributed by atoms with Crippen LogP contribution in [-0.4, -0.2) is 37.1 Å². The van der Waals surface area contributed by atoms with Gasteiger partial charge in [0.1, 0.15) is 11.4 Å². The molecule has 1 spiro atoms. The number of likely N-dealkylation sites (tertiary alicyclic amines) is 1. The smallest absolute Gasteiger partial charge is 0.260 e. The van der Waals surface area contributed by atoms with Gasteiger partial charge in [-0.05, 0) is 67.0 Å². The van der Waals surface area contributed by atoms with E-state index >= 15 is 0 Å². The Morgan fingerprint density at radius 1 is 1.35 bits per heavy atom. The molecule has 0 bridgehead atoms. The molecule has 0 aliphatic carbocycles. The highest BCUT2D eigenvalue weighted by molar-refractivity contribution is 7.10. The Balaban J connectivity index is 1.36. The van der Waals surface area contributed by atoms with Gasteiger partial charge < -0.3 is 14.4 Å². The normalized spacial score (nSPS) is 18.6. The maximum atomic E-state index is 12.6. The first-order valence-corrected chi connectivity index (χ1v) is 10.2. The summed E-state index contributed by atoms with van der Waals surface area (Å²) >= 11 is 7.74. The van der Waals surface area contributed by atoms with Crippen molar-refractivity contribution in [3.05, 3.63) is 50.7 Å². The van der Waals surface area contributed by atoms with Crippen LogP contribution in [-0.2, 0) is 21.6 Å². The van der Waals surface area contributed by atoms with Gasteiger partial charge in [-0.25, -0.2) is 0 Å². The van der Waals surface area contributed by atoms with E-state index in [0.717, 1.165) is 31.4 Å². The largest absolute Gasteiger partial charge is 0.483 e. The number of ether oxygens (including phenoxy) is 2. The van der Waals surface area contributed by atoms with E-state index < -0.39 is 0 Å². The lowest BCUT2D eigenvalue weighted by Crippen LogP contribution is -2.48. The van der Waals surface area contributed by atoms with Gasteiger partial charge in [-0.3, -0.25) is 4.79 Å². The van der Waals surface area contributed by atoms with E-state index in [2.05, 4.69) is 11.4 Å². The van der Waals surface area contributed by atoms with E-state index in [1.807, 2.05) is 24.0 Å². The minimum absolute atomic E-state index is 0.0245. The zero-order chi connectivity index (χ0) is 18.1. The summed E-state index contributed by atoms with van der Waals surface area (Å²) in [6.07, 6.45) is 2.70. The number of piperidine rings is 1. The summed E-state index contributed by atoms with van der Waals surface area (Å²) in [7, 11) is 0. The highest BCUT2D eigenvalue weighted by Gasteiger charge is 2.42. The molecule has 138 valence electrons.